The highest BCUT2D eigenvalue weighted by Crippen LogP contribution is 2.34. The molecule has 1 fully saturated rings. The molecule has 5 nitrogen and oxygen atoms in total. The summed E-state index contributed by atoms with van der Waals surface area (Å²) in [7, 11) is -1.63. The van der Waals surface area contributed by atoms with Gasteiger partial charge in [0.2, 0.25) is 10.0 Å². The van der Waals surface area contributed by atoms with Crippen molar-refractivity contribution >= 4 is 10.0 Å². The molecule has 1 aliphatic carbocycles. The molecule has 0 amide bonds. The molecule has 20 heavy (non-hydrogen) atoms. The van der Waals surface area contributed by atoms with E-state index in [4.69, 9.17) is 5.73 Å². The Morgan fingerprint density at radius 3 is 2.65 bits per heavy atom. The number of hydrogen-bond acceptors (Lipinski definition) is 3. The molecule has 1 aromatic rings. The van der Waals surface area contributed by atoms with Gasteiger partial charge in [0.05, 0.1) is 4.90 Å². The fourth-order valence-electron chi connectivity index (χ4n) is 3.18. The molecule has 1 aromatic heterocycles. The number of sulfonamides is 1. The Hall–Kier alpha value is -0.850. The van der Waals surface area contributed by atoms with Gasteiger partial charge in [0.15, 0.2) is 0 Å². The predicted molar refractivity (Wildman–Crippen MR) is 79.6 cm³/mol. The molecule has 1 heterocycles. The van der Waals surface area contributed by atoms with Crippen LogP contribution in [0.15, 0.2) is 17.2 Å². The topological polar surface area (TPSA) is 77.1 Å². The Labute approximate surface area is 121 Å². The number of aromatic nitrogens is 1. The molecular weight excluding hydrogens is 274 g/mol. The normalized spacial score (nSPS) is 27.1. The van der Waals surface area contributed by atoms with Crippen LogP contribution in [0.1, 0.15) is 38.8 Å². The quantitative estimate of drug-likeness (QED) is 0.866. The minimum atomic E-state index is -3.45. The molecule has 0 spiro atoms. The summed E-state index contributed by atoms with van der Waals surface area (Å²) in [4.78, 5) is 0.313. The van der Waals surface area contributed by atoms with Crippen molar-refractivity contribution in [3.05, 3.63) is 18.0 Å². The van der Waals surface area contributed by atoms with E-state index in [1.165, 1.54) is 0 Å². The zero-order valence-electron chi connectivity index (χ0n) is 12.5. The molecule has 3 N–H and O–H groups in total. The molecule has 0 bridgehead atoms. The lowest BCUT2D eigenvalue weighted by molar-refractivity contribution is 0.368. The van der Waals surface area contributed by atoms with E-state index in [0.29, 0.717) is 23.3 Å². The second-order valence-corrected chi connectivity index (χ2v) is 7.53. The van der Waals surface area contributed by atoms with Gasteiger partial charge in [-0.15, -0.1) is 0 Å². The molecular formula is C14H25N3O2S. The third kappa shape index (κ3) is 2.92. The molecule has 1 aliphatic rings. The van der Waals surface area contributed by atoms with Gasteiger partial charge in [0, 0.05) is 31.5 Å². The van der Waals surface area contributed by atoms with Crippen LogP contribution in [-0.2, 0) is 23.6 Å². The van der Waals surface area contributed by atoms with Crippen LogP contribution < -0.4 is 10.5 Å². The highest BCUT2D eigenvalue weighted by Gasteiger charge is 2.34. The third-order valence-corrected chi connectivity index (χ3v) is 6.12. The number of rotatable bonds is 5. The SMILES string of the molecule is CCC1CCC(NS(=O)(=O)c2cc(CN)n(C)c2)C1C. The number of aryl methyl sites for hydroxylation is 1. The summed E-state index contributed by atoms with van der Waals surface area (Å²) in [6.07, 6.45) is 4.77. The fourth-order valence-corrected chi connectivity index (χ4v) is 4.64. The first kappa shape index (κ1) is 15.5. The lowest BCUT2D eigenvalue weighted by Gasteiger charge is -2.20. The summed E-state index contributed by atoms with van der Waals surface area (Å²) in [5.74, 6) is 1.02. The molecule has 3 atom stereocenters. The minimum absolute atomic E-state index is 0.0477. The number of nitrogens with zero attached hydrogens (tertiary/aromatic N) is 1. The average Bonchev–Trinajstić information content (AvgIpc) is 2.94. The molecule has 0 radical (unpaired) electrons. The van der Waals surface area contributed by atoms with Gasteiger partial charge in [0.25, 0.3) is 0 Å². The highest BCUT2D eigenvalue weighted by atomic mass is 32.2. The zero-order chi connectivity index (χ0) is 14.9. The van der Waals surface area contributed by atoms with E-state index < -0.39 is 10.0 Å². The van der Waals surface area contributed by atoms with Gasteiger partial charge in [-0.25, -0.2) is 13.1 Å². The number of hydrogen-bond donors (Lipinski definition) is 2. The molecule has 0 aliphatic heterocycles. The summed E-state index contributed by atoms with van der Waals surface area (Å²) in [6, 6.07) is 1.70. The Morgan fingerprint density at radius 2 is 2.15 bits per heavy atom. The van der Waals surface area contributed by atoms with E-state index in [2.05, 4.69) is 18.6 Å². The van der Waals surface area contributed by atoms with Crippen LogP contribution in [0.3, 0.4) is 0 Å². The molecule has 3 unspecified atom stereocenters. The van der Waals surface area contributed by atoms with Crippen LogP contribution >= 0.6 is 0 Å². The van der Waals surface area contributed by atoms with E-state index in [1.807, 2.05) is 7.05 Å². The summed E-state index contributed by atoms with van der Waals surface area (Å²) in [5, 5.41) is 0. The van der Waals surface area contributed by atoms with Gasteiger partial charge in [-0.1, -0.05) is 20.3 Å². The third-order valence-electron chi connectivity index (χ3n) is 4.66. The lowest BCUT2D eigenvalue weighted by atomic mass is 9.94. The average molecular weight is 299 g/mol. The van der Waals surface area contributed by atoms with E-state index in [9.17, 15) is 8.42 Å². The van der Waals surface area contributed by atoms with Crippen molar-refractivity contribution in [1.29, 1.82) is 0 Å². The van der Waals surface area contributed by atoms with Gasteiger partial charge in [0.1, 0.15) is 0 Å². The van der Waals surface area contributed by atoms with Gasteiger partial charge in [-0.05, 0) is 30.7 Å². The smallest absolute Gasteiger partial charge is 0.242 e. The molecule has 0 saturated heterocycles. The summed E-state index contributed by atoms with van der Waals surface area (Å²) < 4.78 is 29.5. The maximum absolute atomic E-state index is 12.4. The monoisotopic (exact) mass is 299 g/mol. The zero-order valence-corrected chi connectivity index (χ0v) is 13.3. The second kappa shape index (κ2) is 5.87. The van der Waals surface area contributed by atoms with E-state index >= 15 is 0 Å². The van der Waals surface area contributed by atoms with E-state index in [-0.39, 0.29) is 6.04 Å². The molecule has 2 rings (SSSR count). The number of nitrogens with one attached hydrogen (secondary N) is 1. The van der Waals surface area contributed by atoms with E-state index in [0.717, 1.165) is 25.0 Å². The van der Waals surface area contributed by atoms with Crippen LogP contribution in [0.5, 0.6) is 0 Å². The standard InChI is InChI=1S/C14H25N3O2S/c1-4-11-5-6-14(10(11)2)16-20(18,19)13-7-12(8-15)17(3)9-13/h7,9-11,14,16H,4-6,8,15H2,1-3H3. The second-order valence-electron chi connectivity index (χ2n) is 5.81. The number of nitrogens with two attached hydrogens (primary N) is 1. The summed E-state index contributed by atoms with van der Waals surface area (Å²) in [5.41, 5.74) is 6.41. The highest BCUT2D eigenvalue weighted by molar-refractivity contribution is 7.89. The Morgan fingerprint density at radius 1 is 1.45 bits per heavy atom. The van der Waals surface area contributed by atoms with Crippen LogP contribution in [0.25, 0.3) is 0 Å². The van der Waals surface area contributed by atoms with Crippen LogP contribution in [0.4, 0.5) is 0 Å². The van der Waals surface area contributed by atoms with E-state index in [1.54, 1.807) is 16.8 Å². The Balaban J connectivity index is 2.15. The van der Waals surface area contributed by atoms with Crippen molar-refractivity contribution in [1.82, 2.24) is 9.29 Å². The van der Waals surface area contributed by atoms with Crippen molar-refractivity contribution in [3.63, 3.8) is 0 Å². The molecule has 6 heteroatoms. The van der Waals surface area contributed by atoms with Crippen LogP contribution in [0, 0.1) is 11.8 Å². The van der Waals surface area contributed by atoms with Crippen molar-refractivity contribution in [2.45, 2.75) is 50.6 Å². The van der Waals surface area contributed by atoms with Gasteiger partial charge in [-0.2, -0.15) is 0 Å². The first-order chi connectivity index (χ1) is 9.39. The maximum Gasteiger partial charge on any atom is 0.242 e. The van der Waals surface area contributed by atoms with Gasteiger partial charge in [-0.3, -0.25) is 0 Å². The fraction of sp³-hybridized carbons (Fsp3) is 0.714. The molecule has 1 saturated carbocycles. The molecule has 114 valence electrons. The molecule has 0 aromatic carbocycles. The van der Waals surface area contributed by atoms with Gasteiger partial charge < -0.3 is 10.3 Å². The lowest BCUT2D eigenvalue weighted by Crippen LogP contribution is -2.37. The predicted octanol–water partition coefficient (Wildman–Crippen LogP) is 1.59. The largest absolute Gasteiger partial charge is 0.352 e. The minimum Gasteiger partial charge on any atom is -0.352 e. The van der Waals surface area contributed by atoms with Gasteiger partial charge >= 0.3 is 0 Å². The Bertz CT molecular complexity index is 565. The first-order valence-electron chi connectivity index (χ1n) is 7.26. The van der Waals surface area contributed by atoms with Crippen LogP contribution in [-0.4, -0.2) is 19.0 Å². The maximum atomic E-state index is 12.4. The summed E-state index contributed by atoms with van der Waals surface area (Å²) >= 11 is 0. The van der Waals surface area contributed by atoms with Crippen molar-refractivity contribution < 1.29 is 8.42 Å². The van der Waals surface area contributed by atoms with Crippen molar-refractivity contribution in [2.24, 2.45) is 24.6 Å². The summed E-state index contributed by atoms with van der Waals surface area (Å²) in [6.45, 7) is 4.65. The Kier molecular flexibility index (Phi) is 4.56. The first-order valence-corrected chi connectivity index (χ1v) is 8.75. The van der Waals surface area contributed by atoms with Crippen molar-refractivity contribution in [3.8, 4) is 0 Å². The van der Waals surface area contributed by atoms with Crippen molar-refractivity contribution in [2.75, 3.05) is 0 Å². The van der Waals surface area contributed by atoms with Crippen LogP contribution in [0.2, 0.25) is 0 Å².